The van der Waals surface area contributed by atoms with Gasteiger partial charge in [0.05, 0.1) is 35.7 Å². The molecule has 0 saturated heterocycles. The highest BCUT2D eigenvalue weighted by Gasteiger charge is 2.12. The third-order valence-corrected chi connectivity index (χ3v) is 6.03. The fourth-order valence-electron chi connectivity index (χ4n) is 3.29. The van der Waals surface area contributed by atoms with Crippen LogP contribution in [-0.4, -0.2) is 98.8 Å². The SMILES string of the molecule is O=C(O)c1ccccc1O.O=S(=O)(O)c1ccc2[nH]c(-c3ccccc3)nc2c1.OCCN(CCO)CCO. The lowest BCUT2D eigenvalue weighted by molar-refractivity contribution is 0.0693. The van der Waals surface area contributed by atoms with Gasteiger partial charge in [-0.1, -0.05) is 42.5 Å². The van der Waals surface area contributed by atoms with Crippen molar-refractivity contribution >= 4 is 27.1 Å². The maximum Gasteiger partial charge on any atom is 0.339 e. The van der Waals surface area contributed by atoms with E-state index in [0.29, 0.717) is 36.5 Å². The van der Waals surface area contributed by atoms with Gasteiger partial charge in [-0.25, -0.2) is 9.78 Å². The quantitative estimate of drug-likeness (QED) is 0.147. The lowest BCUT2D eigenvalue weighted by Crippen LogP contribution is -2.32. The number of hydrogen-bond donors (Lipinski definition) is 7. The maximum absolute atomic E-state index is 11.1. The molecule has 0 aliphatic carbocycles. The first-order valence-electron chi connectivity index (χ1n) is 11.7. The molecule has 0 aliphatic rings. The van der Waals surface area contributed by atoms with E-state index in [4.69, 9.17) is 30.1 Å². The number of aromatic carboxylic acids is 1. The number of carboxylic acids is 1. The van der Waals surface area contributed by atoms with Crippen LogP contribution in [0.15, 0.2) is 77.7 Å². The zero-order chi connectivity index (χ0) is 28.8. The summed E-state index contributed by atoms with van der Waals surface area (Å²) in [7, 11) is -4.20. The number of carbonyl (C=O) groups is 1. The predicted octanol–water partition coefficient (Wildman–Crippen LogP) is 1.83. The van der Waals surface area contributed by atoms with Crippen LogP contribution >= 0.6 is 0 Å². The number of nitrogens with zero attached hydrogens (tertiary/aromatic N) is 2. The molecule has 0 bridgehead atoms. The number of fused-ring (bicyclic) bond motifs is 1. The summed E-state index contributed by atoms with van der Waals surface area (Å²) in [5.41, 5.74) is 2.05. The fraction of sp³-hybridized carbons (Fsp3) is 0.231. The van der Waals surface area contributed by atoms with Gasteiger partial charge in [0.15, 0.2) is 0 Å². The molecule has 0 atom stereocenters. The standard InChI is InChI=1S/C13H10N2O3S.C7H6O3.C6H15NO3/c16-19(17,18)10-6-7-11-12(8-10)15-13(14-11)9-4-2-1-3-5-9;8-6-4-2-1-3-5(6)7(9)10;8-4-1-7(2-5-9)3-6-10/h1-8H,(H,14,15)(H,16,17,18);1-4,8H,(H,9,10);8-10H,1-6H2. The van der Waals surface area contributed by atoms with Crippen LogP contribution in [0.2, 0.25) is 0 Å². The third kappa shape index (κ3) is 10.1. The van der Waals surface area contributed by atoms with Crippen molar-refractivity contribution in [2.24, 2.45) is 0 Å². The Morgan fingerprint density at radius 2 is 1.41 bits per heavy atom. The number of aliphatic hydroxyl groups is 3. The van der Waals surface area contributed by atoms with Crippen molar-refractivity contribution < 1.29 is 43.3 Å². The van der Waals surface area contributed by atoms with Gasteiger partial charge in [0.1, 0.15) is 17.1 Å². The molecule has 0 fully saturated rings. The number of aromatic nitrogens is 2. The number of rotatable bonds is 9. The molecule has 39 heavy (non-hydrogen) atoms. The summed E-state index contributed by atoms with van der Waals surface area (Å²) in [6.45, 7) is 1.75. The Balaban J connectivity index is 0.000000227. The highest BCUT2D eigenvalue weighted by Crippen LogP contribution is 2.22. The second-order valence-corrected chi connectivity index (χ2v) is 9.36. The van der Waals surface area contributed by atoms with Gasteiger partial charge in [-0.15, -0.1) is 0 Å². The van der Waals surface area contributed by atoms with E-state index in [1.54, 1.807) is 23.1 Å². The van der Waals surface area contributed by atoms with E-state index in [9.17, 15) is 13.2 Å². The molecule has 7 N–H and O–H groups in total. The Hall–Kier alpha value is -3.85. The minimum Gasteiger partial charge on any atom is -0.507 e. The van der Waals surface area contributed by atoms with Crippen molar-refractivity contribution in [1.29, 1.82) is 0 Å². The lowest BCUT2D eigenvalue weighted by Gasteiger charge is -2.17. The van der Waals surface area contributed by atoms with Crippen LogP contribution in [-0.2, 0) is 10.1 Å². The molecule has 4 rings (SSSR count). The molecule has 0 radical (unpaired) electrons. The van der Waals surface area contributed by atoms with E-state index in [1.165, 1.54) is 24.3 Å². The van der Waals surface area contributed by atoms with Crippen LogP contribution in [0.4, 0.5) is 0 Å². The number of carboxylic acid groups (broad SMARTS) is 1. The molecule has 1 heterocycles. The summed E-state index contributed by atoms with van der Waals surface area (Å²) >= 11 is 0. The van der Waals surface area contributed by atoms with E-state index in [2.05, 4.69) is 9.97 Å². The molecular weight excluding hydrogens is 530 g/mol. The van der Waals surface area contributed by atoms with Crippen molar-refractivity contribution in [2.45, 2.75) is 4.90 Å². The molecule has 0 spiro atoms. The van der Waals surface area contributed by atoms with E-state index in [-0.39, 0.29) is 36.0 Å². The Morgan fingerprint density at radius 3 is 1.90 bits per heavy atom. The smallest absolute Gasteiger partial charge is 0.339 e. The van der Waals surface area contributed by atoms with Crippen molar-refractivity contribution in [3.8, 4) is 17.1 Å². The summed E-state index contributed by atoms with van der Waals surface area (Å²) in [5, 5.41) is 42.8. The van der Waals surface area contributed by atoms with Gasteiger partial charge >= 0.3 is 5.97 Å². The first kappa shape index (κ1) is 31.4. The molecule has 0 amide bonds. The second-order valence-electron chi connectivity index (χ2n) is 7.94. The average Bonchev–Trinajstić information content (AvgIpc) is 3.34. The molecule has 3 aromatic carbocycles. The Kier molecular flexibility index (Phi) is 12.5. The highest BCUT2D eigenvalue weighted by molar-refractivity contribution is 7.85. The third-order valence-electron chi connectivity index (χ3n) is 5.18. The van der Waals surface area contributed by atoms with E-state index < -0.39 is 16.1 Å². The number of para-hydroxylation sites is 1. The molecule has 0 unspecified atom stereocenters. The first-order valence-corrected chi connectivity index (χ1v) is 13.1. The number of aromatic hydroxyl groups is 1. The van der Waals surface area contributed by atoms with Crippen LogP contribution < -0.4 is 0 Å². The number of benzene rings is 3. The number of H-pyrrole nitrogens is 1. The van der Waals surface area contributed by atoms with Crippen LogP contribution in [0.5, 0.6) is 5.75 Å². The van der Waals surface area contributed by atoms with Crippen molar-refractivity contribution in [2.75, 3.05) is 39.5 Å². The van der Waals surface area contributed by atoms with Gasteiger partial charge in [0.2, 0.25) is 0 Å². The average molecular weight is 562 g/mol. The van der Waals surface area contributed by atoms with E-state index in [0.717, 1.165) is 5.56 Å². The first-order chi connectivity index (χ1) is 18.6. The zero-order valence-corrected chi connectivity index (χ0v) is 21.7. The van der Waals surface area contributed by atoms with Crippen LogP contribution in [0, 0.1) is 0 Å². The molecule has 13 heteroatoms. The summed E-state index contributed by atoms with van der Waals surface area (Å²) in [4.78, 5) is 19.3. The fourth-order valence-corrected chi connectivity index (χ4v) is 3.79. The number of imidazole rings is 1. The zero-order valence-electron chi connectivity index (χ0n) is 20.9. The number of hydrogen-bond acceptors (Lipinski definition) is 9. The second kappa shape index (κ2) is 15.5. The van der Waals surface area contributed by atoms with Gasteiger partial charge < -0.3 is 30.5 Å². The summed E-state index contributed by atoms with van der Waals surface area (Å²) in [6, 6.07) is 19.6. The van der Waals surface area contributed by atoms with Crippen LogP contribution in [0.3, 0.4) is 0 Å². The Morgan fingerprint density at radius 1 is 0.846 bits per heavy atom. The number of aromatic amines is 1. The van der Waals surface area contributed by atoms with Gasteiger partial charge in [0, 0.05) is 25.2 Å². The van der Waals surface area contributed by atoms with Gasteiger partial charge in [-0.3, -0.25) is 9.45 Å². The lowest BCUT2D eigenvalue weighted by atomic mass is 10.2. The number of phenols is 1. The molecular formula is C26H31N3O9S. The normalized spacial score (nSPS) is 10.9. The van der Waals surface area contributed by atoms with Crippen molar-refractivity contribution in [3.63, 3.8) is 0 Å². The molecule has 210 valence electrons. The highest BCUT2D eigenvalue weighted by atomic mass is 32.2. The largest absolute Gasteiger partial charge is 0.507 e. The van der Waals surface area contributed by atoms with E-state index >= 15 is 0 Å². The number of aliphatic hydroxyl groups excluding tert-OH is 3. The summed E-state index contributed by atoms with van der Waals surface area (Å²) in [5.74, 6) is -0.656. The summed E-state index contributed by atoms with van der Waals surface area (Å²) < 4.78 is 31.1. The van der Waals surface area contributed by atoms with Gasteiger partial charge in [0.25, 0.3) is 10.1 Å². The molecule has 0 saturated carbocycles. The predicted molar refractivity (Wildman–Crippen MR) is 144 cm³/mol. The minimum absolute atomic E-state index is 0.0671. The molecule has 4 aromatic rings. The van der Waals surface area contributed by atoms with E-state index in [1.807, 2.05) is 30.3 Å². The van der Waals surface area contributed by atoms with Crippen molar-refractivity contribution in [3.05, 3.63) is 78.4 Å². The molecule has 12 nitrogen and oxygen atoms in total. The van der Waals surface area contributed by atoms with Crippen molar-refractivity contribution in [1.82, 2.24) is 14.9 Å². The maximum atomic E-state index is 11.1. The van der Waals surface area contributed by atoms with Gasteiger partial charge in [-0.2, -0.15) is 8.42 Å². The minimum atomic E-state index is -4.20. The van der Waals surface area contributed by atoms with Crippen LogP contribution in [0.25, 0.3) is 22.4 Å². The van der Waals surface area contributed by atoms with Gasteiger partial charge in [-0.05, 0) is 30.3 Å². The monoisotopic (exact) mass is 561 g/mol. The van der Waals surface area contributed by atoms with Crippen LogP contribution in [0.1, 0.15) is 10.4 Å². The topological polar surface area (TPSA) is 205 Å². The Bertz CT molecular complexity index is 1410. The Labute approximate surface area is 225 Å². The summed E-state index contributed by atoms with van der Waals surface area (Å²) in [6.07, 6.45) is 0. The number of nitrogens with one attached hydrogen (secondary N) is 1. The molecule has 1 aromatic heterocycles. The molecule has 0 aliphatic heterocycles.